The average molecular weight is 439 g/mol. The number of alkyl halides is 3. The Morgan fingerprint density at radius 2 is 2.00 bits per heavy atom. The fourth-order valence-corrected chi connectivity index (χ4v) is 4.27. The SMILES string of the molecule is Cc1cccnc1NC(=O)N1c2nc(-c3cccc(C(F)(F)F)c3)ccc2N2CC[C@H]1C2. The maximum atomic E-state index is 13.3. The van der Waals surface area contributed by atoms with Crippen LogP contribution in [0, 0.1) is 6.92 Å². The van der Waals surface area contributed by atoms with Gasteiger partial charge in [-0.2, -0.15) is 13.2 Å². The van der Waals surface area contributed by atoms with Gasteiger partial charge in [0.25, 0.3) is 0 Å². The molecule has 0 radical (unpaired) electrons. The molecule has 2 amide bonds. The molecule has 2 bridgehead atoms. The first-order valence-corrected chi connectivity index (χ1v) is 10.3. The van der Waals surface area contributed by atoms with Crippen LogP contribution in [0.2, 0.25) is 0 Å². The van der Waals surface area contributed by atoms with E-state index in [4.69, 9.17) is 0 Å². The number of fused-ring (bicyclic) bond motifs is 4. The third-order valence-electron chi connectivity index (χ3n) is 5.89. The lowest BCUT2D eigenvalue weighted by Gasteiger charge is -2.36. The van der Waals surface area contributed by atoms with Crippen LogP contribution < -0.4 is 15.1 Å². The molecule has 5 rings (SSSR count). The van der Waals surface area contributed by atoms with E-state index in [0.29, 0.717) is 29.4 Å². The number of carbonyl (C=O) groups is 1. The number of amides is 2. The molecule has 3 aromatic rings. The maximum Gasteiger partial charge on any atom is 0.416 e. The summed E-state index contributed by atoms with van der Waals surface area (Å²) < 4.78 is 39.5. The molecule has 1 saturated heterocycles. The normalized spacial score (nSPS) is 17.3. The molecule has 0 unspecified atom stereocenters. The van der Waals surface area contributed by atoms with Crippen LogP contribution in [0.1, 0.15) is 17.5 Å². The minimum Gasteiger partial charge on any atom is -0.366 e. The van der Waals surface area contributed by atoms with Gasteiger partial charge >= 0.3 is 12.2 Å². The molecule has 1 aromatic carbocycles. The first-order chi connectivity index (χ1) is 15.3. The monoisotopic (exact) mass is 439 g/mol. The van der Waals surface area contributed by atoms with Crippen LogP contribution in [-0.4, -0.2) is 35.1 Å². The zero-order valence-electron chi connectivity index (χ0n) is 17.2. The van der Waals surface area contributed by atoms with E-state index in [1.54, 1.807) is 29.3 Å². The summed E-state index contributed by atoms with van der Waals surface area (Å²) in [6.07, 6.45) is -2.06. The lowest BCUT2D eigenvalue weighted by atomic mass is 10.1. The Kier molecular flexibility index (Phi) is 4.76. The van der Waals surface area contributed by atoms with E-state index in [0.717, 1.165) is 36.3 Å². The predicted octanol–water partition coefficient (Wildman–Crippen LogP) is 5.10. The number of nitrogens with one attached hydrogen (secondary N) is 1. The number of hydrogen-bond acceptors (Lipinski definition) is 4. The van der Waals surface area contributed by atoms with Crippen LogP contribution in [0.3, 0.4) is 0 Å². The van der Waals surface area contributed by atoms with Gasteiger partial charge in [0.1, 0.15) is 5.82 Å². The molecule has 0 aliphatic carbocycles. The lowest BCUT2D eigenvalue weighted by Crippen LogP contribution is -2.48. The van der Waals surface area contributed by atoms with Crippen molar-refractivity contribution in [1.29, 1.82) is 0 Å². The Morgan fingerprint density at radius 3 is 2.78 bits per heavy atom. The highest BCUT2D eigenvalue weighted by atomic mass is 19.4. The fraction of sp³-hybridized carbons (Fsp3) is 0.261. The van der Waals surface area contributed by atoms with Gasteiger partial charge in [0.2, 0.25) is 0 Å². The molecule has 6 nitrogen and oxygen atoms in total. The largest absolute Gasteiger partial charge is 0.416 e. The summed E-state index contributed by atoms with van der Waals surface area (Å²) in [5, 5.41) is 2.86. The minimum absolute atomic E-state index is 0.0734. The summed E-state index contributed by atoms with van der Waals surface area (Å²) >= 11 is 0. The van der Waals surface area contributed by atoms with Crippen LogP contribution in [0.4, 0.5) is 35.3 Å². The van der Waals surface area contributed by atoms with Gasteiger partial charge < -0.3 is 4.90 Å². The zero-order valence-corrected chi connectivity index (χ0v) is 17.2. The van der Waals surface area contributed by atoms with E-state index >= 15 is 0 Å². The number of nitrogens with zero attached hydrogens (tertiary/aromatic N) is 4. The van der Waals surface area contributed by atoms with Crippen molar-refractivity contribution in [3.8, 4) is 11.3 Å². The van der Waals surface area contributed by atoms with E-state index in [1.807, 2.05) is 19.1 Å². The lowest BCUT2D eigenvalue weighted by molar-refractivity contribution is -0.137. The number of carbonyl (C=O) groups excluding carboxylic acids is 1. The summed E-state index contributed by atoms with van der Waals surface area (Å²) in [4.78, 5) is 25.9. The van der Waals surface area contributed by atoms with E-state index in [2.05, 4.69) is 20.2 Å². The van der Waals surface area contributed by atoms with E-state index in [9.17, 15) is 18.0 Å². The molecule has 2 aliphatic rings. The topological polar surface area (TPSA) is 61.4 Å². The van der Waals surface area contributed by atoms with Gasteiger partial charge in [-0.3, -0.25) is 10.2 Å². The quantitative estimate of drug-likeness (QED) is 0.604. The van der Waals surface area contributed by atoms with Gasteiger partial charge in [0.15, 0.2) is 5.82 Å². The molecule has 0 spiro atoms. The molecule has 1 atom stereocenters. The Bertz CT molecular complexity index is 1200. The van der Waals surface area contributed by atoms with Crippen LogP contribution >= 0.6 is 0 Å². The molecule has 164 valence electrons. The van der Waals surface area contributed by atoms with Crippen molar-refractivity contribution in [2.75, 3.05) is 28.2 Å². The van der Waals surface area contributed by atoms with Gasteiger partial charge in [-0.15, -0.1) is 0 Å². The molecule has 1 fully saturated rings. The molecule has 1 N–H and O–H groups in total. The third kappa shape index (κ3) is 3.53. The van der Waals surface area contributed by atoms with Crippen molar-refractivity contribution >= 4 is 23.4 Å². The predicted molar refractivity (Wildman–Crippen MR) is 116 cm³/mol. The molecule has 0 saturated carbocycles. The van der Waals surface area contributed by atoms with Crippen LogP contribution in [0.5, 0.6) is 0 Å². The highest BCUT2D eigenvalue weighted by Gasteiger charge is 2.40. The first kappa shape index (κ1) is 20.3. The molecular formula is C23H20F3N5O. The average Bonchev–Trinajstić information content (AvgIpc) is 3.19. The first-order valence-electron chi connectivity index (χ1n) is 10.3. The Balaban J connectivity index is 1.54. The Hall–Kier alpha value is -3.62. The minimum atomic E-state index is -4.44. The molecule has 2 aromatic heterocycles. The van der Waals surface area contributed by atoms with Crippen molar-refractivity contribution in [3.05, 3.63) is 65.9 Å². The molecular weight excluding hydrogens is 419 g/mol. The number of anilines is 3. The molecule has 4 heterocycles. The highest BCUT2D eigenvalue weighted by Crippen LogP contribution is 2.41. The van der Waals surface area contributed by atoms with Gasteiger partial charge in [-0.25, -0.2) is 14.8 Å². The van der Waals surface area contributed by atoms with Crippen LogP contribution in [0.25, 0.3) is 11.3 Å². The smallest absolute Gasteiger partial charge is 0.366 e. The van der Waals surface area contributed by atoms with Gasteiger partial charge in [-0.1, -0.05) is 18.2 Å². The van der Waals surface area contributed by atoms with Crippen molar-refractivity contribution in [2.45, 2.75) is 25.6 Å². The summed E-state index contributed by atoms with van der Waals surface area (Å²) in [7, 11) is 0. The van der Waals surface area contributed by atoms with Crippen molar-refractivity contribution in [1.82, 2.24) is 9.97 Å². The summed E-state index contributed by atoms with van der Waals surface area (Å²) in [6, 6.07) is 11.8. The summed E-state index contributed by atoms with van der Waals surface area (Å²) in [5.74, 6) is 0.910. The summed E-state index contributed by atoms with van der Waals surface area (Å²) in [5.41, 5.74) is 1.61. The second-order valence-corrected chi connectivity index (χ2v) is 7.98. The van der Waals surface area contributed by atoms with Gasteiger partial charge in [-0.05, 0) is 49.2 Å². The standard InChI is InChI=1S/C23H20F3N5O/c1-14-4-3-10-27-20(14)29-22(32)31-17-9-11-30(13-17)19-8-7-18(28-21(19)31)15-5-2-6-16(12-15)23(24,25)26/h2-8,10,12,17H,9,11,13H2,1H3,(H,27,29,32)/t17-/m0/s1. The fourth-order valence-electron chi connectivity index (χ4n) is 4.27. The van der Waals surface area contributed by atoms with E-state index < -0.39 is 11.7 Å². The maximum absolute atomic E-state index is 13.3. The van der Waals surface area contributed by atoms with Gasteiger partial charge in [0.05, 0.1) is 23.0 Å². The van der Waals surface area contributed by atoms with Crippen molar-refractivity contribution < 1.29 is 18.0 Å². The highest BCUT2D eigenvalue weighted by molar-refractivity contribution is 6.04. The second kappa shape index (κ2) is 7.51. The van der Waals surface area contributed by atoms with E-state index in [1.165, 1.54) is 6.07 Å². The Morgan fingerprint density at radius 1 is 1.16 bits per heavy atom. The number of aryl methyl sites for hydroxylation is 1. The second-order valence-electron chi connectivity index (χ2n) is 7.98. The summed E-state index contributed by atoms with van der Waals surface area (Å²) in [6.45, 7) is 3.33. The van der Waals surface area contributed by atoms with Crippen molar-refractivity contribution in [3.63, 3.8) is 0 Å². The zero-order chi connectivity index (χ0) is 22.5. The molecule has 2 aliphatic heterocycles. The molecule has 9 heteroatoms. The molecule has 32 heavy (non-hydrogen) atoms. The van der Waals surface area contributed by atoms with Crippen molar-refractivity contribution in [2.24, 2.45) is 0 Å². The number of pyridine rings is 2. The Labute approximate surface area is 182 Å². The number of aromatic nitrogens is 2. The number of halogens is 3. The number of benzene rings is 1. The number of urea groups is 1. The van der Waals surface area contributed by atoms with Crippen LogP contribution in [0.15, 0.2) is 54.7 Å². The van der Waals surface area contributed by atoms with Gasteiger partial charge in [0, 0.05) is 24.8 Å². The van der Waals surface area contributed by atoms with E-state index in [-0.39, 0.29) is 12.1 Å². The number of rotatable bonds is 2. The third-order valence-corrected chi connectivity index (χ3v) is 5.89. The van der Waals surface area contributed by atoms with Crippen LogP contribution in [-0.2, 0) is 6.18 Å². The number of hydrogen-bond donors (Lipinski definition) is 1.